The van der Waals surface area contributed by atoms with Crippen LogP contribution in [0.4, 0.5) is 0 Å². The normalized spacial score (nSPS) is 12.3. The standard InChI is InChI=1S/C36H75Cl3Si2/c1-2-3-4-5-6-7-8-9-10-13-16-19-22-25-28-31-34-40-35-32-29-26-23-20-17-14-11-12-15-18-21-24-27-30-33-36-41(37,38)39/h2-36,40H2,1H3. The maximum absolute atomic E-state index is 5.93. The van der Waals surface area contributed by atoms with Crippen LogP contribution in [-0.2, 0) is 0 Å². The second kappa shape index (κ2) is 35.8. The van der Waals surface area contributed by atoms with Crippen molar-refractivity contribution >= 4 is 48.8 Å². The molecular formula is C36H75Cl3Si2. The summed E-state index contributed by atoms with van der Waals surface area (Å²) in [5.74, 6) is 0. The maximum atomic E-state index is 5.93. The second-order valence-electron chi connectivity index (χ2n) is 13.4. The van der Waals surface area contributed by atoms with Crippen LogP contribution in [0.5, 0.6) is 0 Å². The minimum absolute atomic E-state index is 0.263. The van der Waals surface area contributed by atoms with Crippen LogP contribution in [0, 0.1) is 0 Å². The average Bonchev–Trinajstić information content (AvgIpc) is 2.94. The van der Waals surface area contributed by atoms with Crippen molar-refractivity contribution in [1.82, 2.24) is 0 Å². The highest BCUT2D eigenvalue weighted by Gasteiger charge is 2.23. The first kappa shape index (κ1) is 42.3. The number of hydrogen-bond donors (Lipinski definition) is 0. The van der Waals surface area contributed by atoms with Crippen LogP contribution < -0.4 is 0 Å². The molecule has 41 heavy (non-hydrogen) atoms. The van der Waals surface area contributed by atoms with Gasteiger partial charge in [0.15, 0.2) is 0 Å². The van der Waals surface area contributed by atoms with Crippen LogP contribution >= 0.6 is 33.2 Å². The van der Waals surface area contributed by atoms with Crippen molar-refractivity contribution in [2.45, 2.75) is 231 Å². The fourth-order valence-corrected chi connectivity index (χ4v) is 9.85. The zero-order valence-electron chi connectivity index (χ0n) is 28.1. The van der Waals surface area contributed by atoms with Gasteiger partial charge >= 0.3 is 6.00 Å². The summed E-state index contributed by atoms with van der Waals surface area (Å²) in [5.41, 5.74) is 0. The van der Waals surface area contributed by atoms with Crippen molar-refractivity contribution in [2.24, 2.45) is 0 Å². The minimum atomic E-state index is -2.37. The molecular weight excluding hydrogens is 595 g/mol. The van der Waals surface area contributed by atoms with Crippen molar-refractivity contribution in [3.8, 4) is 0 Å². The van der Waals surface area contributed by atoms with E-state index in [4.69, 9.17) is 33.2 Å². The Kier molecular flexibility index (Phi) is 36.9. The van der Waals surface area contributed by atoms with Crippen molar-refractivity contribution in [3.05, 3.63) is 0 Å². The molecule has 0 N–H and O–H groups in total. The summed E-state index contributed by atoms with van der Waals surface area (Å²) in [6, 6.07) is 1.71. The lowest BCUT2D eigenvalue weighted by atomic mass is 10.0. The predicted molar refractivity (Wildman–Crippen MR) is 200 cm³/mol. The van der Waals surface area contributed by atoms with E-state index in [0.717, 1.165) is 12.5 Å². The van der Waals surface area contributed by atoms with Crippen molar-refractivity contribution in [1.29, 1.82) is 0 Å². The average molecular weight is 671 g/mol. The van der Waals surface area contributed by atoms with Gasteiger partial charge in [-0.15, -0.1) is 33.2 Å². The molecule has 0 radical (unpaired) electrons. The van der Waals surface area contributed by atoms with Crippen LogP contribution in [0.25, 0.3) is 0 Å². The topological polar surface area (TPSA) is 0 Å². The van der Waals surface area contributed by atoms with E-state index in [9.17, 15) is 0 Å². The molecule has 0 rings (SSSR count). The monoisotopic (exact) mass is 668 g/mol. The third-order valence-electron chi connectivity index (χ3n) is 9.06. The Labute approximate surface area is 277 Å². The molecule has 0 saturated heterocycles. The molecule has 0 aromatic carbocycles. The van der Waals surface area contributed by atoms with Crippen LogP contribution in [-0.4, -0.2) is 15.5 Å². The Balaban J connectivity index is 3.04. The van der Waals surface area contributed by atoms with E-state index < -0.39 is 6.00 Å². The van der Waals surface area contributed by atoms with Crippen molar-refractivity contribution < 1.29 is 0 Å². The van der Waals surface area contributed by atoms with Crippen LogP contribution in [0.15, 0.2) is 0 Å². The first-order valence-corrected chi connectivity index (χ1v) is 26.4. The lowest BCUT2D eigenvalue weighted by Crippen LogP contribution is -2.07. The zero-order valence-corrected chi connectivity index (χ0v) is 32.8. The molecule has 0 bridgehead atoms. The highest BCUT2D eigenvalue weighted by atomic mass is 35.8. The molecule has 0 fully saturated rings. The van der Waals surface area contributed by atoms with Gasteiger partial charge in [-0.3, -0.25) is 0 Å². The molecule has 0 aliphatic rings. The van der Waals surface area contributed by atoms with Crippen LogP contribution in [0.2, 0.25) is 18.1 Å². The molecule has 0 atom stereocenters. The molecule has 0 aliphatic heterocycles. The van der Waals surface area contributed by atoms with E-state index in [1.807, 2.05) is 0 Å². The van der Waals surface area contributed by atoms with E-state index in [2.05, 4.69) is 6.92 Å². The number of unbranched alkanes of at least 4 members (excludes halogenated alkanes) is 30. The smallest absolute Gasteiger partial charge is 0.126 e. The fourth-order valence-electron chi connectivity index (χ4n) is 6.23. The van der Waals surface area contributed by atoms with Gasteiger partial charge in [0, 0.05) is 9.52 Å². The van der Waals surface area contributed by atoms with Gasteiger partial charge in [0.05, 0.1) is 0 Å². The van der Waals surface area contributed by atoms with Gasteiger partial charge in [-0.25, -0.2) is 0 Å². The fraction of sp³-hybridized carbons (Fsp3) is 1.00. The molecule has 0 aromatic heterocycles. The zero-order chi connectivity index (χ0) is 30.0. The summed E-state index contributed by atoms with van der Waals surface area (Å²) in [6.07, 6.45) is 46.4. The van der Waals surface area contributed by atoms with E-state index in [0.29, 0.717) is 0 Å². The quantitative estimate of drug-likeness (QED) is 0.0354. The van der Waals surface area contributed by atoms with E-state index in [-0.39, 0.29) is 9.52 Å². The van der Waals surface area contributed by atoms with E-state index in [1.165, 1.54) is 186 Å². The number of hydrogen-bond acceptors (Lipinski definition) is 0. The first-order chi connectivity index (χ1) is 20.1. The Bertz CT molecular complexity index is 470. The SMILES string of the molecule is CCCCCCCCCCCCCCCCCC[SiH2]CCCCCCCCCCCCCCCCCC[Si](Cl)(Cl)Cl. The summed E-state index contributed by atoms with van der Waals surface area (Å²) >= 11 is 17.8. The van der Waals surface area contributed by atoms with Crippen molar-refractivity contribution in [3.63, 3.8) is 0 Å². The van der Waals surface area contributed by atoms with Gasteiger partial charge in [-0.1, -0.05) is 224 Å². The summed E-state index contributed by atoms with van der Waals surface area (Å²) in [6.45, 7) is 2.31. The Hall–Kier alpha value is 1.30. The van der Waals surface area contributed by atoms with Gasteiger partial charge in [0.1, 0.15) is 0 Å². The first-order valence-electron chi connectivity index (χ1n) is 19.1. The molecule has 0 unspecified atom stereocenters. The number of rotatable bonds is 36. The molecule has 0 heterocycles. The highest BCUT2D eigenvalue weighted by Crippen LogP contribution is 2.27. The minimum Gasteiger partial charge on any atom is -0.126 e. The summed E-state index contributed by atoms with van der Waals surface area (Å²) in [4.78, 5) is 0. The van der Waals surface area contributed by atoms with Gasteiger partial charge < -0.3 is 0 Å². The number of halogens is 3. The molecule has 0 spiro atoms. The predicted octanol–water partition coefficient (Wildman–Crippen LogP) is 15.2. The third kappa shape index (κ3) is 41.3. The second-order valence-corrected chi connectivity index (χ2v) is 24.8. The highest BCUT2D eigenvalue weighted by molar-refractivity contribution is 7.64. The molecule has 0 saturated carbocycles. The van der Waals surface area contributed by atoms with Gasteiger partial charge in [0.2, 0.25) is 0 Å². The molecule has 248 valence electrons. The largest absolute Gasteiger partial charge is 0.341 e. The molecule has 0 amide bonds. The van der Waals surface area contributed by atoms with Gasteiger partial charge in [-0.2, -0.15) is 0 Å². The molecule has 0 aliphatic carbocycles. The molecule has 5 heteroatoms. The Morgan fingerprint density at radius 3 is 0.780 bits per heavy atom. The summed E-state index contributed by atoms with van der Waals surface area (Å²) < 4.78 is 0. The molecule has 0 aromatic rings. The lowest BCUT2D eigenvalue weighted by molar-refractivity contribution is 0.531. The Morgan fingerprint density at radius 2 is 0.537 bits per heavy atom. The van der Waals surface area contributed by atoms with E-state index >= 15 is 0 Å². The van der Waals surface area contributed by atoms with E-state index in [1.54, 1.807) is 24.9 Å². The molecule has 0 nitrogen and oxygen atoms in total. The van der Waals surface area contributed by atoms with Crippen LogP contribution in [0.1, 0.15) is 212 Å². The summed E-state index contributed by atoms with van der Waals surface area (Å²) in [5, 5.41) is 0. The third-order valence-corrected chi connectivity index (χ3v) is 13.7. The van der Waals surface area contributed by atoms with Gasteiger partial charge in [-0.05, 0) is 6.04 Å². The Morgan fingerprint density at radius 1 is 0.317 bits per heavy atom. The maximum Gasteiger partial charge on any atom is 0.341 e. The summed E-state index contributed by atoms with van der Waals surface area (Å²) in [7, 11) is 0.263. The van der Waals surface area contributed by atoms with Gasteiger partial charge in [0.25, 0.3) is 0 Å². The van der Waals surface area contributed by atoms with Crippen LogP contribution in [0.3, 0.4) is 0 Å². The van der Waals surface area contributed by atoms with Crippen molar-refractivity contribution in [2.75, 3.05) is 0 Å². The lowest BCUT2D eigenvalue weighted by Gasteiger charge is -2.07.